The lowest BCUT2D eigenvalue weighted by molar-refractivity contribution is 0.0636. The quantitative estimate of drug-likeness (QED) is 0.270. The van der Waals surface area contributed by atoms with Gasteiger partial charge in [-0.05, 0) is 92.9 Å². The number of halogens is 1. The Morgan fingerprint density at radius 3 is 2.09 bits per heavy atom. The summed E-state index contributed by atoms with van der Waals surface area (Å²) in [5.74, 6) is 0. The molecule has 5 heterocycles. The number of alkyl halides is 1. The molecule has 8 bridgehead atoms. The Morgan fingerprint density at radius 1 is 0.848 bits per heavy atom. The Hall–Kier alpha value is -3.51. The van der Waals surface area contributed by atoms with Crippen LogP contribution in [0.3, 0.4) is 0 Å². The average Bonchev–Trinajstić information content (AvgIpc) is 3.59. The van der Waals surface area contributed by atoms with E-state index < -0.39 is 0 Å². The van der Waals surface area contributed by atoms with Gasteiger partial charge in [0, 0.05) is 34.2 Å². The Bertz CT molecular complexity index is 1420. The highest BCUT2D eigenvalue weighted by Gasteiger charge is 2.12. The van der Waals surface area contributed by atoms with Gasteiger partial charge in [-0.15, -0.1) is 0 Å². The first kappa shape index (κ1) is 20.1. The van der Waals surface area contributed by atoms with Crippen LogP contribution in [-0.4, -0.2) is 33.2 Å². The molecular formula is C27H27FN4O. The van der Waals surface area contributed by atoms with Crippen molar-refractivity contribution in [2.45, 2.75) is 32.3 Å². The monoisotopic (exact) mass is 443 g/mol. The van der Waals surface area contributed by atoms with E-state index in [4.69, 9.17) is 11.1 Å². The smallest absolute Gasteiger partial charge is 0.0894 e. The van der Waals surface area contributed by atoms with E-state index in [0.717, 1.165) is 57.7 Å². The molecule has 1 atom stereocenters. The van der Waals surface area contributed by atoms with Crippen molar-refractivity contribution in [3.05, 3.63) is 70.8 Å². The zero-order chi connectivity index (χ0) is 23.5. The van der Waals surface area contributed by atoms with Crippen molar-refractivity contribution < 1.29 is 10.5 Å². The number of hydrogen-bond donors (Lipinski definition) is 2. The topological polar surface area (TPSA) is 66.6 Å². The number of H-pyrrole nitrogens is 2. The summed E-state index contributed by atoms with van der Waals surface area (Å²) in [5.41, 5.74) is 7.45. The van der Waals surface area contributed by atoms with Crippen molar-refractivity contribution in [3.63, 3.8) is 0 Å². The normalized spacial score (nSPS) is 13.9. The van der Waals surface area contributed by atoms with Crippen molar-refractivity contribution in [1.29, 1.82) is 0 Å². The first-order valence-electron chi connectivity index (χ1n) is 11.8. The third-order valence-corrected chi connectivity index (χ3v) is 5.67. The molecule has 33 heavy (non-hydrogen) atoms. The van der Waals surface area contributed by atoms with E-state index in [0.29, 0.717) is 24.6 Å². The molecular weight excluding hydrogens is 415 g/mol. The predicted molar refractivity (Wildman–Crippen MR) is 133 cm³/mol. The molecule has 5 nitrogen and oxygen atoms in total. The summed E-state index contributed by atoms with van der Waals surface area (Å²) >= 11 is 0. The molecule has 2 N–H and O–H groups in total. The van der Waals surface area contributed by atoms with Gasteiger partial charge < -0.3 is 14.7 Å². The summed E-state index contributed by atoms with van der Waals surface area (Å²) in [5, 5.41) is 0. The molecule has 0 spiro atoms. The van der Waals surface area contributed by atoms with Crippen molar-refractivity contribution in [2.24, 2.45) is 0 Å². The molecule has 0 aromatic carbocycles. The van der Waals surface area contributed by atoms with Gasteiger partial charge in [-0.2, -0.15) is 0 Å². The predicted octanol–water partition coefficient (Wildman–Crippen LogP) is 6.87. The van der Waals surface area contributed by atoms with E-state index in [1.54, 1.807) is 0 Å². The lowest BCUT2D eigenvalue weighted by Crippen LogP contribution is -2.01. The van der Waals surface area contributed by atoms with Crippen LogP contribution in [0.5, 0.6) is 0 Å². The first-order valence-corrected chi connectivity index (χ1v) is 11.3. The fourth-order valence-electron chi connectivity index (χ4n) is 4.00. The Morgan fingerprint density at radius 2 is 1.45 bits per heavy atom. The Balaban J connectivity index is 1.64. The van der Waals surface area contributed by atoms with E-state index in [9.17, 15) is 4.39 Å². The molecule has 3 aromatic rings. The van der Waals surface area contributed by atoms with Gasteiger partial charge >= 0.3 is 0 Å². The molecule has 6 heteroatoms. The highest BCUT2D eigenvalue weighted by atomic mass is 19.1. The number of rotatable bonds is 7. The SMILES string of the molecule is [2H]c1c(C(C)OCCCCCF)c2cc3nc(cc4ccc(cc5nc(cc1[nH]2)C=C5)[nH]4)C=C3. The van der Waals surface area contributed by atoms with Crippen molar-refractivity contribution in [1.82, 2.24) is 19.9 Å². The molecule has 168 valence electrons. The minimum absolute atomic E-state index is 0.292. The molecule has 1 unspecified atom stereocenters. The third-order valence-electron chi connectivity index (χ3n) is 5.67. The summed E-state index contributed by atoms with van der Waals surface area (Å²) in [7, 11) is 0. The summed E-state index contributed by atoms with van der Waals surface area (Å²) in [6.45, 7) is 2.18. The van der Waals surface area contributed by atoms with Crippen LogP contribution in [0.4, 0.5) is 4.39 Å². The molecule has 3 aromatic heterocycles. The van der Waals surface area contributed by atoms with Gasteiger partial charge in [-0.1, -0.05) is 0 Å². The van der Waals surface area contributed by atoms with Gasteiger partial charge in [0.05, 0.1) is 36.9 Å². The number of aromatic nitrogens is 4. The number of nitrogens with zero attached hydrogens (tertiary/aromatic N) is 2. The Kier molecular flexibility index (Phi) is 5.82. The fraction of sp³-hybridized carbons (Fsp3) is 0.259. The largest absolute Gasteiger partial charge is 0.374 e. The molecule has 0 saturated heterocycles. The number of nitrogens with one attached hydrogen (secondary N) is 2. The van der Waals surface area contributed by atoms with Crippen LogP contribution >= 0.6 is 0 Å². The third kappa shape index (κ3) is 5.12. The zero-order valence-corrected chi connectivity index (χ0v) is 18.6. The van der Waals surface area contributed by atoms with Crippen molar-refractivity contribution >= 4 is 46.4 Å². The second kappa shape index (κ2) is 9.55. The molecule has 0 fully saturated rings. The van der Waals surface area contributed by atoms with E-state index >= 15 is 0 Å². The number of aromatic amines is 2. The van der Waals surface area contributed by atoms with Gasteiger partial charge in [0.15, 0.2) is 0 Å². The van der Waals surface area contributed by atoms with Crippen LogP contribution in [0, 0.1) is 0 Å². The van der Waals surface area contributed by atoms with E-state index in [1.807, 2.05) is 67.6 Å². The van der Waals surface area contributed by atoms with Gasteiger partial charge in [0.25, 0.3) is 0 Å². The molecule has 0 radical (unpaired) electrons. The van der Waals surface area contributed by atoms with E-state index in [-0.39, 0.29) is 12.8 Å². The van der Waals surface area contributed by atoms with Gasteiger partial charge in [0.2, 0.25) is 0 Å². The highest BCUT2D eigenvalue weighted by Crippen LogP contribution is 2.26. The van der Waals surface area contributed by atoms with E-state index in [2.05, 4.69) is 15.0 Å². The highest BCUT2D eigenvalue weighted by molar-refractivity contribution is 5.78. The van der Waals surface area contributed by atoms with Crippen LogP contribution in [0.2, 0.25) is 0 Å². The lowest BCUT2D eigenvalue weighted by Gasteiger charge is -2.12. The van der Waals surface area contributed by atoms with Crippen LogP contribution in [0.1, 0.15) is 62.0 Å². The van der Waals surface area contributed by atoms with Gasteiger partial charge in [-0.3, -0.25) is 4.39 Å². The second-order valence-corrected chi connectivity index (χ2v) is 8.29. The maximum Gasteiger partial charge on any atom is 0.0894 e. The molecule has 5 rings (SSSR count). The summed E-state index contributed by atoms with van der Waals surface area (Å²) in [6, 6.07) is 12.2. The number of hydrogen-bond acceptors (Lipinski definition) is 3. The molecule has 0 aliphatic carbocycles. The maximum absolute atomic E-state index is 12.4. The van der Waals surface area contributed by atoms with Crippen molar-refractivity contribution in [2.75, 3.05) is 13.3 Å². The number of fused-ring (bicyclic) bond motifs is 8. The molecule has 0 amide bonds. The van der Waals surface area contributed by atoms with Crippen LogP contribution < -0.4 is 0 Å². The zero-order valence-electron chi connectivity index (χ0n) is 19.6. The number of unbranched alkanes of at least 4 members (excludes halogenated alkanes) is 2. The van der Waals surface area contributed by atoms with Crippen LogP contribution in [0.15, 0.2) is 42.4 Å². The summed E-state index contributed by atoms with van der Waals surface area (Å²) in [4.78, 5) is 16.2. The molecule has 2 aliphatic rings. The average molecular weight is 444 g/mol. The lowest BCUT2D eigenvalue weighted by atomic mass is 10.1. The van der Waals surface area contributed by atoms with Crippen LogP contribution in [0.25, 0.3) is 46.4 Å². The molecule has 2 aliphatic heterocycles. The van der Waals surface area contributed by atoms with E-state index in [1.165, 1.54) is 0 Å². The summed E-state index contributed by atoms with van der Waals surface area (Å²) < 4.78 is 27.3. The van der Waals surface area contributed by atoms with Gasteiger partial charge in [0.1, 0.15) is 0 Å². The second-order valence-electron chi connectivity index (χ2n) is 8.29. The standard InChI is InChI=1S/C27H27FN4O/c1-18(33-12-4-2-3-11-28)26-16-25-15-23-8-7-21(30-23)13-19-5-6-20(29-19)14-22-9-10-24(31-22)17-27(26)32-25/h5-10,13-18,29,32H,2-4,11-12H2,1H3/i16D. The maximum atomic E-state index is 12.4. The summed E-state index contributed by atoms with van der Waals surface area (Å²) in [6.07, 6.45) is 9.70. The van der Waals surface area contributed by atoms with Crippen LogP contribution in [-0.2, 0) is 4.74 Å². The van der Waals surface area contributed by atoms with Crippen molar-refractivity contribution in [3.8, 4) is 0 Å². The Labute approximate surface area is 193 Å². The minimum Gasteiger partial charge on any atom is -0.374 e. The van der Waals surface area contributed by atoms with Gasteiger partial charge in [-0.25, -0.2) is 9.97 Å². The minimum atomic E-state index is -0.297. The first-order chi connectivity index (χ1) is 16.6. The fourth-order valence-corrected chi connectivity index (χ4v) is 4.00. The molecule has 0 saturated carbocycles. The number of ether oxygens (including phenoxy) is 1.